The average Bonchev–Trinajstić information content (AvgIpc) is 2.38. The fourth-order valence-corrected chi connectivity index (χ4v) is 3.14. The normalized spacial score (nSPS) is 11.1. The van der Waals surface area contributed by atoms with Crippen LogP contribution in [0.4, 0.5) is 5.69 Å². The number of nitrogens with two attached hydrogens (primary N) is 1. The third-order valence-corrected chi connectivity index (χ3v) is 4.44. The third kappa shape index (κ3) is 3.12. The first-order valence-corrected chi connectivity index (χ1v) is 7.62. The molecule has 0 aliphatic carbocycles. The van der Waals surface area contributed by atoms with E-state index in [1.807, 2.05) is 0 Å². The summed E-state index contributed by atoms with van der Waals surface area (Å²) < 4.78 is 27.1. The van der Waals surface area contributed by atoms with Gasteiger partial charge in [0.05, 0.1) is 16.8 Å². The molecule has 3 N–H and O–H groups in total. The van der Waals surface area contributed by atoms with Gasteiger partial charge in [0.25, 0.3) is 10.0 Å². The van der Waals surface area contributed by atoms with E-state index in [0.29, 0.717) is 16.8 Å². The van der Waals surface area contributed by atoms with E-state index in [2.05, 4.69) is 9.71 Å². The molecule has 2 aromatic rings. The van der Waals surface area contributed by atoms with E-state index in [9.17, 15) is 8.42 Å². The monoisotopic (exact) mass is 307 g/mol. The Morgan fingerprint density at radius 1 is 1.35 bits per heavy atom. The topological polar surface area (TPSA) is 85.1 Å². The van der Waals surface area contributed by atoms with Crippen molar-refractivity contribution in [3.8, 4) is 0 Å². The van der Waals surface area contributed by atoms with Crippen LogP contribution in [0.1, 0.15) is 11.1 Å². The Morgan fingerprint density at radius 3 is 2.65 bits per heavy atom. The van der Waals surface area contributed by atoms with Crippen LogP contribution in [0.15, 0.2) is 47.6 Å². The molecule has 0 amide bonds. The van der Waals surface area contributed by atoms with Crippen LogP contribution in [0.2, 0.25) is 0 Å². The van der Waals surface area contributed by atoms with Crippen LogP contribution in [0, 0.1) is 6.92 Å². The highest BCUT2D eigenvalue weighted by Gasteiger charge is 2.17. The molecule has 0 aliphatic heterocycles. The minimum absolute atomic E-state index is 0.182. The van der Waals surface area contributed by atoms with Crippen molar-refractivity contribution in [2.24, 2.45) is 5.73 Å². The number of rotatable bonds is 4. The molecular formula is C13H13N3O2S2. The van der Waals surface area contributed by atoms with Gasteiger partial charge in [0.2, 0.25) is 0 Å². The minimum atomic E-state index is -3.66. The lowest BCUT2D eigenvalue weighted by Gasteiger charge is -2.11. The highest BCUT2D eigenvalue weighted by molar-refractivity contribution is 7.92. The fraction of sp³-hybridized carbons (Fsp3) is 0.0769. The van der Waals surface area contributed by atoms with Gasteiger partial charge >= 0.3 is 0 Å². The predicted molar refractivity (Wildman–Crippen MR) is 82.1 cm³/mol. The van der Waals surface area contributed by atoms with E-state index in [1.165, 1.54) is 12.3 Å². The molecule has 0 spiro atoms. The van der Waals surface area contributed by atoms with Crippen molar-refractivity contribution in [3.63, 3.8) is 0 Å². The molecule has 5 nitrogen and oxygen atoms in total. The van der Waals surface area contributed by atoms with Gasteiger partial charge in [-0.05, 0) is 36.8 Å². The standard InChI is InChI=1S/C13H13N3O2S2/c1-9-7-10(13(14)19)4-5-12(9)20(17,18)16-11-3-2-6-15-8-11/h2-8,16H,1H3,(H2,14,19). The molecule has 2 rings (SSSR count). The van der Waals surface area contributed by atoms with Crippen LogP contribution in [0.3, 0.4) is 0 Å². The first kappa shape index (κ1) is 14.4. The second-order valence-corrected chi connectivity index (χ2v) is 6.28. The maximum Gasteiger partial charge on any atom is 0.262 e. The Kier molecular flexibility index (Phi) is 4.01. The van der Waals surface area contributed by atoms with Crippen molar-refractivity contribution in [1.82, 2.24) is 4.98 Å². The fourth-order valence-electron chi connectivity index (χ4n) is 1.74. The van der Waals surface area contributed by atoms with Gasteiger partial charge in [-0.3, -0.25) is 9.71 Å². The molecule has 0 unspecified atom stereocenters. The van der Waals surface area contributed by atoms with Gasteiger partial charge < -0.3 is 5.73 Å². The van der Waals surface area contributed by atoms with Crippen molar-refractivity contribution >= 4 is 32.9 Å². The number of aromatic nitrogens is 1. The molecule has 0 bridgehead atoms. The van der Waals surface area contributed by atoms with E-state index in [-0.39, 0.29) is 9.88 Å². The summed E-state index contributed by atoms with van der Waals surface area (Å²) in [5.41, 5.74) is 7.14. The van der Waals surface area contributed by atoms with Crippen LogP contribution in [0.25, 0.3) is 0 Å². The molecule has 0 aliphatic rings. The lowest BCUT2D eigenvalue weighted by atomic mass is 10.1. The van der Waals surface area contributed by atoms with Gasteiger partial charge in [-0.1, -0.05) is 18.3 Å². The summed E-state index contributed by atoms with van der Waals surface area (Å²) >= 11 is 4.87. The van der Waals surface area contributed by atoms with E-state index in [0.717, 1.165) is 0 Å². The molecular weight excluding hydrogens is 294 g/mol. The Morgan fingerprint density at radius 2 is 2.10 bits per heavy atom. The summed E-state index contributed by atoms with van der Waals surface area (Å²) in [5.74, 6) is 0. The Bertz CT molecular complexity index is 743. The summed E-state index contributed by atoms with van der Waals surface area (Å²) in [6.07, 6.45) is 3.01. The highest BCUT2D eigenvalue weighted by Crippen LogP contribution is 2.20. The summed E-state index contributed by atoms with van der Waals surface area (Å²) in [6, 6.07) is 8.01. The van der Waals surface area contributed by atoms with Gasteiger partial charge in [-0.2, -0.15) is 0 Å². The molecule has 0 fully saturated rings. The molecule has 1 aromatic carbocycles. The number of thiocarbonyl (C=S) groups is 1. The second-order valence-electron chi connectivity index (χ2n) is 4.19. The number of nitrogens with one attached hydrogen (secondary N) is 1. The number of nitrogens with zero attached hydrogens (tertiary/aromatic N) is 1. The summed E-state index contributed by atoms with van der Waals surface area (Å²) in [5, 5.41) is 0. The zero-order chi connectivity index (χ0) is 14.8. The first-order chi connectivity index (χ1) is 9.40. The molecule has 0 atom stereocenters. The van der Waals surface area contributed by atoms with Crippen molar-refractivity contribution in [1.29, 1.82) is 0 Å². The van der Waals surface area contributed by atoms with Crippen LogP contribution < -0.4 is 10.5 Å². The van der Waals surface area contributed by atoms with E-state index in [1.54, 1.807) is 37.4 Å². The maximum atomic E-state index is 12.3. The molecule has 0 saturated carbocycles. The second kappa shape index (κ2) is 5.56. The maximum absolute atomic E-state index is 12.3. The third-order valence-electron chi connectivity index (χ3n) is 2.66. The largest absolute Gasteiger partial charge is 0.389 e. The molecule has 104 valence electrons. The van der Waals surface area contributed by atoms with Gasteiger partial charge in [-0.25, -0.2) is 8.42 Å². The van der Waals surface area contributed by atoms with Gasteiger partial charge in [0.1, 0.15) is 4.99 Å². The minimum Gasteiger partial charge on any atom is -0.389 e. The first-order valence-electron chi connectivity index (χ1n) is 5.73. The van der Waals surface area contributed by atoms with Gasteiger partial charge in [-0.15, -0.1) is 0 Å². The number of benzene rings is 1. The SMILES string of the molecule is Cc1cc(C(N)=S)ccc1S(=O)(=O)Nc1cccnc1. The number of hydrogen-bond donors (Lipinski definition) is 2. The molecule has 1 aromatic heterocycles. The van der Waals surface area contributed by atoms with Crippen molar-refractivity contribution < 1.29 is 8.42 Å². The van der Waals surface area contributed by atoms with Crippen LogP contribution in [-0.4, -0.2) is 18.4 Å². The van der Waals surface area contributed by atoms with Gasteiger partial charge in [0.15, 0.2) is 0 Å². The smallest absolute Gasteiger partial charge is 0.262 e. The Hall–Kier alpha value is -1.99. The van der Waals surface area contributed by atoms with Crippen LogP contribution in [-0.2, 0) is 10.0 Å². The zero-order valence-electron chi connectivity index (χ0n) is 10.7. The molecule has 0 saturated heterocycles. The number of pyridine rings is 1. The number of sulfonamides is 1. The molecule has 7 heteroatoms. The van der Waals surface area contributed by atoms with Crippen LogP contribution in [0.5, 0.6) is 0 Å². The van der Waals surface area contributed by atoms with Gasteiger partial charge in [0, 0.05) is 11.8 Å². The van der Waals surface area contributed by atoms with Crippen molar-refractivity contribution in [3.05, 3.63) is 53.9 Å². The van der Waals surface area contributed by atoms with E-state index < -0.39 is 10.0 Å². The summed E-state index contributed by atoms with van der Waals surface area (Å²) in [7, 11) is -3.66. The molecule has 1 heterocycles. The average molecular weight is 307 g/mol. The summed E-state index contributed by atoms with van der Waals surface area (Å²) in [4.78, 5) is 4.28. The number of aryl methyl sites for hydroxylation is 1. The lowest BCUT2D eigenvalue weighted by Crippen LogP contribution is -2.16. The molecule has 20 heavy (non-hydrogen) atoms. The highest BCUT2D eigenvalue weighted by atomic mass is 32.2. The lowest BCUT2D eigenvalue weighted by molar-refractivity contribution is 0.600. The quantitative estimate of drug-likeness (QED) is 0.842. The number of anilines is 1. The Labute approximate surface area is 122 Å². The predicted octanol–water partition coefficient (Wildman–Crippen LogP) is 1.83. The molecule has 0 radical (unpaired) electrons. The van der Waals surface area contributed by atoms with Crippen molar-refractivity contribution in [2.45, 2.75) is 11.8 Å². The Balaban J connectivity index is 2.37. The number of hydrogen-bond acceptors (Lipinski definition) is 4. The van der Waals surface area contributed by atoms with E-state index in [4.69, 9.17) is 18.0 Å². The summed E-state index contributed by atoms with van der Waals surface area (Å²) in [6.45, 7) is 1.69. The zero-order valence-corrected chi connectivity index (χ0v) is 12.3. The van der Waals surface area contributed by atoms with E-state index >= 15 is 0 Å². The van der Waals surface area contributed by atoms with Crippen LogP contribution >= 0.6 is 12.2 Å². The van der Waals surface area contributed by atoms with Crippen molar-refractivity contribution in [2.75, 3.05) is 4.72 Å².